The molecule has 1 heterocycles. The summed E-state index contributed by atoms with van der Waals surface area (Å²) in [5.74, 6) is -1.43. The molecule has 0 aliphatic carbocycles. The van der Waals surface area contributed by atoms with Gasteiger partial charge in [-0.3, -0.25) is 9.59 Å². The van der Waals surface area contributed by atoms with E-state index in [9.17, 15) is 27.9 Å². The maximum atomic E-state index is 13.2. The minimum absolute atomic E-state index is 0.0990. The Hall–Kier alpha value is -2.74. The van der Waals surface area contributed by atoms with E-state index in [2.05, 4.69) is 5.32 Å². The Labute approximate surface area is 151 Å². The molecule has 1 aliphatic heterocycles. The molecule has 9 heteroatoms. The SMILES string of the molecule is O=C1CC(Nc2ccc(Cl)cc2C(F)(F)F)C(=O)N1c1cccc(O)c1. The topological polar surface area (TPSA) is 69.6 Å². The molecule has 0 saturated carbocycles. The van der Waals surface area contributed by atoms with Gasteiger partial charge in [0.2, 0.25) is 5.91 Å². The molecule has 1 fully saturated rings. The van der Waals surface area contributed by atoms with Crippen LogP contribution < -0.4 is 10.2 Å². The van der Waals surface area contributed by atoms with Crippen molar-refractivity contribution in [3.05, 3.63) is 53.1 Å². The highest BCUT2D eigenvalue weighted by Crippen LogP contribution is 2.37. The first-order chi connectivity index (χ1) is 12.2. The minimum Gasteiger partial charge on any atom is -0.508 e. The normalized spacial score (nSPS) is 17.7. The van der Waals surface area contributed by atoms with Crippen molar-refractivity contribution in [2.75, 3.05) is 10.2 Å². The predicted octanol–water partition coefficient (Wildman–Crippen LogP) is 3.81. The Balaban J connectivity index is 1.89. The fraction of sp³-hybridized carbons (Fsp3) is 0.176. The van der Waals surface area contributed by atoms with Crippen LogP contribution in [0.1, 0.15) is 12.0 Å². The number of nitrogens with one attached hydrogen (secondary N) is 1. The van der Waals surface area contributed by atoms with Crippen molar-refractivity contribution in [1.82, 2.24) is 0 Å². The molecule has 5 nitrogen and oxygen atoms in total. The first kappa shape index (κ1) is 18.1. The Bertz CT molecular complexity index is 886. The van der Waals surface area contributed by atoms with E-state index in [1.165, 1.54) is 30.3 Å². The number of amides is 2. The number of anilines is 2. The summed E-state index contributed by atoms with van der Waals surface area (Å²) in [6.07, 6.45) is -4.99. The van der Waals surface area contributed by atoms with Crippen molar-refractivity contribution in [2.24, 2.45) is 0 Å². The lowest BCUT2D eigenvalue weighted by Crippen LogP contribution is -2.35. The molecule has 1 aliphatic rings. The number of carbonyl (C=O) groups is 2. The predicted molar refractivity (Wildman–Crippen MR) is 89.1 cm³/mol. The average Bonchev–Trinajstić information content (AvgIpc) is 2.82. The molecule has 2 amide bonds. The van der Waals surface area contributed by atoms with Crippen LogP contribution in [0.3, 0.4) is 0 Å². The summed E-state index contributed by atoms with van der Waals surface area (Å²) >= 11 is 5.63. The van der Waals surface area contributed by atoms with E-state index < -0.39 is 29.6 Å². The number of phenolic OH excluding ortho intramolecular Hbond substituents is 1. The maximum absolute atomic E-state index is 13.2. The average molecular weight is 385 g/mol. The lowest BCUT2D eigenvalue weighted by atomic mass is 10.1. The lowest BCUT2D eigenvalue weighted by molar-refractivity contribution is -0.137. The number of alkyl halides is 3. The molecular formula is C17H12ClF3N2O3. The van der Waals surface area contributed by atoms with Gasteiger partial charge in [0.05, 0.1) is 17.7 Å². The summed E-state index contributed by atoms with van der Waals surface area (Å²) in [6.45, 7) is 0. The van der Waals surface area contributed by atoms with Crippen molar-refractivity contribution in [3.63, 3.8) is 0 Å². The number of rotatable bonds is 3. The van der Waals surface area contributed by atoms with Crippen LogP contribution in [-0.4, -0.2) is 23.0 Å². The van der Waals surface area contributed by atoms with E-state index in [0.29, 0.717) is 0 Å². The summed E-state index contributed by atoms with van der Waals surface area (Å²) in [5, 5.41) is 11.9. The zero-order valence-corrected chi connectivity index (χ0v) is 13.8. The number of phenols is 1. The number of imide groups is 1. The fourth-order valence-corrected chi connectivity index (χ4v) is 2.88. The molecule has 1 atom stereocenters. The third-order valence-electron chi connectivity index (χ3n) is 3.85. The Morgan fingerprint density at radius 3 is 2.54 bits per heavy atom. The van der Waals surface area contributed by atoms with Crippen LogP contribution in [0.4, 0.5) is 24.5 Å². The standard InChI is InChI=1S/C17H12ClF3N2O3/c18-9-4-5-13(12(6-9)17(19,20)21)22-14-8-15(25)23(16(14)26)10-2-1-3-11(24)7-10/h1-7,14,22,24H,8H2. The van der Waals surface area contributed by atoms with Gasteiger partial charge in [0.25, 0.3) is 5.91 Å². The van der Waals surface area contributed by atoms with Crippen molar-refractivity contribution in [1.29, 1.82) is 0 Å². The van der Waals surface area contributed by atoms with Crippen molar-refractivity contribution in [3.8, 4) is 5.75 Å². The molecule has 2 aromatic rings. The molecule has 0 aromatic heterocycles. The van der Waals surface area contributed by atoms with Gasteiger partial charge in [-0.1, -0.05) is 17.7 Å². The highest BCUT2D eigenvalue weighted by Gasteiger charge is 2.41. The van der Waals surface area contributed by atoms with Gasteiger partial charge in [0.15, 0.2) is 0 Å². The van der Waals surface area contributed by atoms with Gasteiger partial charge in [0, 0.05) is 16.8 Å². The van der Waals surface area contributed by atoms with E-state index in [0.717, 1.165) is 17.0 Å². The van der Waals surface area contributed by atoms with Gasteiger partial charge in [-0.2, -0.15) is 13.2 Å². The number of halogens is 4. The lowest BCUT2D eigenvalue weighted by Gasteiger charge is -2.19. The van der Waals surface area contributed by atoms with Crippen LogP contribution in [-0.2, 0) is 15.8 Å². The van der Waals surface area contributed by atoms with Crippen LogP contribution in [0.2, 0.25) is 5.02 Å². The summed E-state index contributed by atoms with van der Waals surface area (Å²) < 4.78 is 39.5. The second-order valence-electron chi connectivity index (χ2n) is 5.68. The highest BCUT2D eigenvalue weighted by atomic mass is 35.5. The van der Waals surface area contributed by atoms with Crippen LogP contribution >= 0.6 is 11.6 Å². The second-order valence-corrected chi connectivity index (χ2v) is 6.11. The molecule has 26 heavy (non-hydrogen) atoms. The second kappa shape index (κ2) is 6.53. The molecule has 136 valence electrons. The highest BCUT2D eigenvalue weighted by molar-refractivity contribution is 6.30. The van der Waals surface area contributed by atoms with Gasteiger partial charge in [-0.05, 0) is 30.3 Å². The van der Waals surface area contributed by atoms with Gasteiger partial charge >= 0.3 is 6.18 Å². The van der Waals surface area contributed by atoms with Crippen molar-refractivity contribution < 1.29 is 27.9 Å². The van der Waals surface area contributed by atoms with Crippen LogP contribution in [0, 0.1) is 0 Å². The maximum Gasteiger partial charge on any atom is 0.418 e. The number of nitrogens with zero attached hydrogens (tertiary/aromatic N) is 1. The monoisotopic (exact) mass is 384 g/mol. The number of hydrogen-bond acceptors (Lipinski definition) is 4. The molecular weight excluding hydrogens is 373 g/mol. The van der Waals surface area contributed by atoms with E-state index in [-0.39, 0.29) is 28.6 Å². The molecule has 2 N–H and O–H groups in total. The van der Waals surface area contributed by atoms with Crippen LogP contribution in [0.15, 0.2) is 42.5 Å². The van der Waals surface area contributed by atoms with Crippen molar-refractivity contribution >= 4 is 34.8 Å². The molecule has 1 unspecified atom stereocenters. The summed E-state index contributed by atoms with van der Waals surface area (Å²) in [5.41, 5.74) is -1.22. The summed E-state index contributed by atoms with van der Waals surface area (Å²) in [7, 11) is 0. The largest absolute Gasteiger partial charge is 0.508 e. The fourth-order valence-electron chi connectivity index (χ4n) is 2.71. The molecule has 0 bridgehead atoms. The Morgan fingerprint density at radius 2 is 1.88 bits per heavy atom. The number of carbonyl (C=O) groups excluding carboxylic acids is 2. The minimum atomic E-state index is -4.68. The van der Waals surface area contributed by atoms with Crippen LogP contribution in [0.5, 0.6) is 5.75 Å². The van der Waals surface area contributed by atoms with E-state index in [4.69, 9.17) is 11.6 Å². The Morgan fingerprint density at radius 1 is 1.15 bits per heavy atom. The molecule has 3 rings (SSSR count). The first-order valence-electron chi connectivity index (χ1n) is 7.46. The number of hydrogen-bond donors (Lipinski definition) is 2. The quantitative estimate of drug-likeness (QED) is 0.790. The molecule has 0 spiro atoms. The number of benzene rings is 2. The third-order valence-corrected chi connectivity index (χ3v) is 4.09. The third kappa shape index (κ3) is 3.45. The molecule has 1 saturated heterocycles. The van der Waals surface area contributed by atoms with Crippen LogP contribution in [0.25, 0.3) is 0 Å². The Kier molecular flexibility index (Phi) is 4.53. The summed E-state index contributed by atoms with van der Waals surface area (Å²) in [4.78, 5) is 25.5. The molecule has 2 aromatic carbocycles. The number of aromatic hydroxyl groups is 1. The zero-order chi connectivity index (χ0) is 19.1. The smallest absolute Gasteiger partial charge is 0.418 e. The van der Waals surface area contributed by atoms with E-state index in [1.807, 2.05) is 0 Å². The van der Waals surface area contributed by atoms with E-state index in [1.54, 1.807) is 0 Å². The van der Waals surface area contributed by atoms with Gasteiger partial charge in [-0.25, -0.2) is 4.90 Å². The zero-order valence-electron chi connectivity index (χ0n) is 13.0. The van der Waals surface area contributed by atoms with Gasteiger partial charge in [-0.15, -0.1) is 0 Å². The first-order valence-corrected chi connectivity index (χ1v) is 7.84. The van der Waals surface area contributed by atoms with Gasteiger partial charge in [0.1, 0.15) is 11.8 Å². The van der Waals surface area contributed by atoms with Gasteiger partial charge < -0.3 is 10.4 Å². The molecule has 0 radical (unpaired) electrons. The summed E-state index contributed by atoms with van der Waals surface area (Å²) in [6, 6.07) is 7.45. The van der Waals surface area contributed by atoms with Crippen molar-refractivity contribution in [2.45, 2.75) is 18.6 Å². The van der Waals surface area contributed by atoms with E-state index >= 15 is 0 Å².